The van der Waals surface area contributed by atoms with Gasteiger partial charge in [0.25, 0.3) is 0 Å². The van der Waals surface area contributed by atoms with Crippen molar-refractivity contribution in [2.75, 3.05) is 18.4 Å². The normalized spacial score (nSPS) is 18.2. The van der Waals surface area contributed by atoms with Gasteiger partial charge in [-0.15, -0.1) is 0 Å². The van der Waals surface area contributed by atoms with E-state index in [1.54, 1.807) is 12.1 Å². The predicted octanol–water partition coefficient (Wildman–Crippen LogP) is 3.94. The molecule has 0 radical (unpaired) electrons. The van der Waals surface area contributed by atoms with Crippen LogP contribution in [0.1, 0.15) is 25.3 Å². The van der Waals surface area contributed by atoms with Crippen LogP contribution in [-0.2, 0) is 21.2 Å². The Bertz CT molecular complexity index is 896. The van der Waals surface area contributed by atoms with Crippen molar-refractivity contribution >= 4 is 33.2 Å². The minimum Gasteiger partial charge on any atom is -0.326 e. The Balaban J connectivity index is 1.69. The van der Waals surface area contributed by atoms with E-state index in [1.165, 1.54) is 22.0 Å². The number of halogens is 1. The van der Waals surface area contributed by atoms with Crippen molar-refractivity contribution in [3.05, 3.63) is 59.1 Å². The Morgan fingerprint density at radius 2 is 1.81 bits per heavy atom. The molecule has 5 nitrogen and oxygen atoms in total. The number of benzene rings is 2. The Morgan fingerprint density at radius 3 is 2.44 bits per heavy atom. The first-order chi connectivity index (χ1) is 12.9. The molecule has 1 heterocycles. The maximum absolute atomic E-state index is 12.8. The van der Waals surface area contributed by atoms with E-state index in [1.807, 2.05) is 24.3 Å². The Labute approximate surface area is 165 Å². The molecule has 1 amide bonds. The van der Waals surface area contributed by atoms with Crippen LogP contribution in [0.15, 0.2) is 53.4 Å². The van der Waals surface area contributed by atoms with Gasteiger partial charge in [0.05, 0.1) is 10.8 Å². The zero-order valence-electron chi connectivity index (χ0n) is 15.2. The first-order valence-corrected chi connectivity index (χ1v) is 10.9. The molecule has 1 N–H and O–H groups in total. The summed E-state index contributed by atoms with van der Waals surface area (Å²) in [6, 6.07) is 13.8. The van der Waals surface area contributed by atoms with Crippen LogP contribution < -0.4 is 5.32 Å². The average molecular weight is 407 g/mol. The van der Waals surface area contributed by atoms with Crippen molar-refractivity contribution in [2.24, 2.45) is 5.92 Å². The Hall–Kier alpha value is -1.89. The van der Waals surface area contributed by atoms with Gasteiger partial charge in [0, 0.05) is 23.8 Å². The van der Waals surface area contributed by atoms with E-state index < -0.39 is 10.0 Å². The smallest absolute Gasteiger partial charge is 0.243 e. The number of anilines is 1. The average Bonchev–Trinajstić information content (AvgIpc) is 2.69. The zero-order valence-corrected chi connectivity index (χ0v) is 16.8. The number of hydrogen-bond acceptors (Lipinski definition) is 3. The maximum atomic E-state index is 12.8. The van der Waals surface area contributed by atoms with Gasteiger partial charge in [-0.05, 0) is 61.2 Å². The first-order valence-electron chi connectivity index (χ1n) is 9.05. The van der Waals surface area contributed by atoms with Crippen LogP contribution in [0.5, 0.6) is 0 Å². The number of piperidine rings is 1. The SMILES string of the molecule is CCc1ccc(NC(=O)[C@@H]2CCCN(S(=O)(=O)c3ccc(Cl)cc3)C2)cc1. The highest BCUT2D eigenvalue weighted by atomic mass is 35.5. The van der Waals surface area contributed by atoms with Crippen molar-refractivity contribution < 1.29 is 13.2 Å². The molecule has 0 aliphatic carbocycles. The summed E-state index contributed by atoms with van der Waals surface area (Å²) in [5, 5.41) is 3.39. The van der Waals surface area contributed by atoms with Gasteiger partial charge in [0.1, 0.15) is 0 Å². The predicted molar refractivity (Wildman–Crippen MR) is 107 cm³/mol. The van der Waals surface area contributed by atoms with E-state index in [2.05, 4.69) is 12.2 Å². The van der Waals surface area contributed by atoms with Crippen molar-refractivity contribution in [3.63, 3.8) is 0 Å². The summed E-state index contributed by atoms with van der Waals surface area (Å²) in [7, 11) is -3.63. The van der Waals surface area contributed by atoms with Crippen molar-refractivity contribution in [1.82, 2.24) is 4.31 Å². The highest BCUT2D eigenvalue weighted by Crippen LogP contribution is 2.25. The largest absolute Gasteiger partial charge is 0.326 e. The number of carbonyl (C=O) groups excluding carboxylic acids is 1. The molecule has 27 heavy (non-hydrogen) atoms. The molecule has 0 unspecified atom stereocenters. The van der Waals surface area contributed by atoms with Gasteiger partial charge < -0.3 is 5.32 Å². The third-order valence-corrected chi connectivity index (χ3v) is 6.97. The second kappa shape index (κ2) is 8.42. The van der Waals surface area contributed by atoms with Crippen LogP contribution in [-0.4, -0.2) is 31.7 Å². The molecule has 3 rings (SSSR count). The highest BCUT2D eigenvalue weighted by Gasteiger charge is 2.33. The molecule has 1 fully saturated rings. The van der Waals surface area contributed by atoms with Crippen LogP contribution in [0, 0.1) is 5.92 Å². The van der Waals surface area contributed by atoms with Gasteiger partial charge in [-0.3, -0.25) is 4.79 Å². The lowest BCUT2D eigenvalue weighted by Crippen LogP contribution is -2.43. The molecular weight excluding hydrogens is 384 g/mol. The van der Waals surface area contributed by atoms with E-state index >= 15 is 0 Å². The van der Waals surface area contributed by atoms with Gasteiger partial charge >= 0.3 is 0 Å². The maximum Gasteiger partial charge on any atom is 0.243 e. The molecule has 2 aromatic carbocycles. The lowest BCUT2D eigenvalue weighted by atomic mass is 9.98. The Morgan fingerprint density at radius 1 is 1.15 bits per heavy atom. The fourth-order valence-electron chi connectivity index (χ4n) is 3.20. The fourth-order valence-corrected chi connectivity index (χ4v) is 4.85. The summed E-state index contributed by atoms with van der Waals surface area (Å²) in [5.74, 6) is -0.512. The molecule has 7 heteroatoms. The van der Waals surface area contributed by atoms with E-state index in [0.717, 1.165) is 12.1 Å². The first kappa shape index (κ1) is 19.9. The van der Waals surface area contributed by atoms with Gasteiger partial charge in [-0.25, -0.2) is 8.42 Å². The fraction of sp³-hybridized carbons (Fsp3) is 0.350. The molecule has 0 aromatic heterocycles. The third kappa shape index (κ3) is 4.69. The minimum absolute atomic E-state index is 0.143. The van der Waals surface area contributed by atoms with Crippen LogP contribution in [0.3, 0.4) is 0 Å². The lowest BCUT2D eigenvalue weighted by molar-refractivity contribution is -0.120. The van der Waals surface area contributed by atoms with E-state index in [4.69, 9.17) is 11.6 Å². The molecule has 0 saturated carbocycles. The third-order valence-electron chi connectivity index (χ3n) is 4.84. The molecule has 2 aromatic rings. The Kier molecular flexibility index (Phi) is 6.19. The van der Waals surface area contributed by atoms with Crippen LogP contribution in [0.4, 0.5) is 5.69 Å². The molecule has 1 aliphatic heterocycles. The number of hydrogen-bond donors (Lipinski definition) is 1. The van der Waals surface area contributed by atoms with Crippen LogP contribution in [0.2, 0.25) is 5.02 Å². The van der Waals surface area contributed by atoms with E-state index in [-0.39, 0.29) is 23.3 Å². The number of sulfonamides is 1. The van der Waals surface area contributed by atoms with Gasteiger partial charge in [0.15, 0.2) is 0 Å². The summed E-state index contributed by atoms with van der Waals surface area (Å²) < 4.78 is 27.1. The minimum atomic E-state index is -3.63. The monoisotopic (exact) mass is 406 g/mol. The molecule has 0 spiro atoms. The summed E-state index contributed by atoms with van der Waals surface area (Å²) >= 11 is 5.85. The number of amides is 1. The van der Waals surface area contributed by atoms with E-state index in [0.29, 0.717) is 24.4 Å². The van der Waals surface area contributed by atoms with Crippen molar-refractivity contribution in [2.45, 2.75) is 31.1 Å². The van der Waals surface area contributed by atoms with Gasteiger partial charge in [-0.2, -0.15) is 4.31 Å². The quantitative estimate of drug-likeness (QED) is 0.817. The summed E-state index contributed by atoms with van der Waals surface area (Å²) in [4.78, 5) is 12.8. The molecule has 1 atom stereocenters. The van der Waals surface area contributed by atoms with Gasteiger partial charge in [-0.1, -0.05) is 30.7 Å². The second-order valence-corrected chi connectivity index (χ2v) is 9.07. The number of nitrogens with zero attached hydrogens (tertiary/aromatic N) is 1. The molecule has 1 saturated heterocycles. The summed E-state index contributed by atoms with van der Waals surface area (Å²) in [6.45, 7) is 2.68. The van der Waals surface area contributed by atoms with Crippen LogP contribution >= 0.6 is 11.6 Å². The molecule has 1 aliphatic rings. The van der Waals surface area contributed by atoms with Crippen molar-refractivity contribution in [1.29, 1.82) is 0 Å². The lowest BCUT2D eigenvalue weighted by Gasteiger charge is -2.31. The topological polar surface area (TPSA) is 66.5 Å². The van der Waals surface area contributed by atoms with E-state index in [9.17, 15) is 13.2 Å². The van der Waals surface area contributed by atoms with Gasteiger partial charge in [0.2, 0.25) is 15.9 Å². The standard InChI is InChI=1S/C20H23ClN2O3S/c1-2-15-5-9-18(10-6-15)22-20(24)16-4-3-13-23(14-16)27(25,26)19-11-7-17(21)8-12-19/h5-12,16H,2-4,13-14H2,1H3,(H,22,24)/t16-/m1/s1. The summed E-state index contributed by atoms with van der Waals surface area (Å²) in [6.07, 6.45) is 2.26. The molecule has 0 bridgehead atoms. The number of rotatable bonds is 5. The van der Waals surface area contributed by atoms with Crippen LogP contribution in [0.25, 0.3) is 0 Å². The molecule has 144 valence electrons. The zero-order chi connectivity index (χ0) is 19.4. The number of nitrogens with one attached hydrogen (secondary N) is 1. The second-order valence-electron chi connectivity index (χ2n) is 6.70. The number of carbonyl (C=O) groups is 1. The summed E-state index contributed by atoms with van der Waals surface area (Å²) in [5.41, 5.74) is 1.93. The molecular formula is C20H23ClN2O3S. The number of aryl methyl sites for hydroxylation is 1. The van der Waals surface area contributed by atoms with Crippen molar-refractivity contribution in [3.8, 4) is 0 Å². The highest BCUT2D eigenvalue weighted by molar-refractivity contribution is 7.89.